The van der Waals surface area contributed by atoms with Gasteiger partial charge in [0.05, 0.1) is 11.7 Å². The first kappa shape index (κ1) is 7.28. The second kappa shape index (κ2) is 2.59. The minimum Gasteiger partial charge on any atom is -0.278 e. The van der Waals surface area contributed by atoms with Crippen LogP contribution < -0.4 is 0 Å². The van der Waals surface area contributed by atoms with E-state index in [0.717, 1.165) is 10.9 Å². The molecule has 0 spiro atoms. The van der Waals surface area contributed by atoms with Crippen LogP contribution in [0.4, 0.5) is 4.39 Å². The van der Waals surface area contributed by atoms with Crippen molar-refractivity contribution in [2.45, 2.75) is 13.1 Å². The predicted octanol–water partition coefficient (Wildman–Crippen LogP) is 2.59. The molecule has 62 valence electrons. The SMILES string of the molecule is CC(F)c1ccc2cn[nH]c2c1. The van der Waals surface area contributed by atoms with Crippen LogP contribution in [0.1, 0.15) is 18.7 Å². The molecule has 2 rings (SSSR count). The van der Waals surface area contributed by atoms with Crippen LogP contribution in [-0.4, -0.2) is 10.2 Å². The highest BCUT2D eigenvalue weighted by Gasteiger charge is 2.03. The largest absolute Gasteiger partial charge is 0.278 e. The Balaban J connectivity index is 2.60. The molecular formula is C9H9FN2. The fourth-order valence-electron chi connectivity index (χ4n) is 1.20. The lowest BCUT2D eigenvalue weighted by Gasteiger charge is -2.00. The third-order valence-electron chi connectivity index (χ3n) is 1.93. The highest BCUT2D eigenvalue weighted by molar-refractivity contribution is 5.78. The number of nitrogens with one attached hydrogen (secondary N) is 1. The summed E-state index contributed by atoms with van der Waals surface area (Å²) in [6.45, 7) is 1.53. The Hall–Kier alpha value is -1.38. The van der Waals surface area contributed by atoms with Crippen LogP contribution in [-0.2, 0) is 0 Å². The Bertz CT molecular complexity index is 392. The minimum absolute atomic E-state index is 0.687. The van der Waals surface area contributed by atoms with Gasteiger partial charge in [0.25, 0.3) is 0 Å². The maximum absolute atomic E-state index is 12.8. The summed E-state index contributed by atoms with van der Waals surface area (Å²) in [5.41, 5.74) is 1.57. The van der Waals surface area contributed by atoms with E-state index in [1.54, 1.807) is 18.3 Å². The third kappa shape index (κ3) is 1.07. The number of fused-ring (bicyclic) bond motifs is 1. The van der Waals surface area contributed by atoms with E-state index in [1.807, 2.05) is 6.07 Å². The summed E-state index contributed by atoms with van der Waals surface area (Å²) in [5, 5.41) is 7.67. The van der Waals surface area contributed by atoms with Crippen molar-refractivity contribution in [2.24, 2.45) is 0 Å². The monoisotopic (exact) mass is 164 g/mol. The number of aromatic amines is 1. The Morgan fingerprint density at radius 2 is 2.33 bits per heavy atom. The normalized spacial score (nSPS) is 13.5. The molecule has 0 bridgehead atoms. The van der Waals surface area contributed by atoms with E-state index in [4.69, 9.17) is 0 Å². The second-order valence-electron chi connectivity index (χ2n) is 2.83. The average molecular weight is 164 g/mol. The van der Waals surface area contributed by atoms with Crippen molar-refractivity contribution in [1.29, 1.82) is 0 Å². The predicted molar refractivity (Wildman–Crippen MR) is 45.6 cm³/mol. The second-order valence-corrected chi connectivity index (χ2v) is 2.83. The molecule has 0 amide bonds. The van der Waals surface area contributed by atoms with Gasteiger partial charge in [-0.15, -0.1) is 0 Å². The molecule has 2 aromatic rings. The van der Waals surface area contributed by atoms with Crippen LogP contribution in [0.5, 0.6) is 0 Å². The molecule has 0 aliphatic rings. The van der Waals surface area contributed by atoms with Gasteiger partial charge in [-0.25, -0.2) is 4.39 Å². The first-order valence-corrected chi connectivity index (χ1v) is 3.84. The first-order valence-electron chi connectivity index (χ1n) is 3.84. The summed E-state index contributed by atoms with van der Waals surface area (Å²) in [6, 6.07) is 5.43. The lowest BCUT2D eigenvalue weighted by molar-refractivity contribution is 0.374. The summed E-state index contributed by atoms with van der Waals surface area (Å²) in [6.07, 6.45) is 0.805. The molecule has 3 heteroatoms. The quantitative estimate of drug-likeness (QED) is 0.689. The van der Waals surface area contributed by atoms with Crippen LogP contribution in [0.2, 0.25) is 0 Å². The van der Waals surface area contributed by atoms with Crippen LogP contribution in [0.3, 0.4) is 0 Å². The van der Waals surface area contributed by atoms with E-state index in [9.17, 15) is 4.39 Å². The van der Waals surface area contributed by atoms with Gasteiger partial charge in [-0.2, -0.15) is 5.10 Å². The zero-order chi connectivity index (χ0) is 8.55. The number of aromatic nitrogens is 2. The van der Waals surface area contributed by atoms with Crippen molar-refractivity contribution < 1.29 is 4.39 Å². The topological polar surface area (TPSA) is 28.7 Å². The molecule has 1 N–H and O–H groups in total. The molecule has 0 saturated carbocycles. The molecule has 0 fully saturated rings. The standard InChI is InChI=1S/C9H9FN2/c1-6(10)7-2-3-8-5-11-12-9(8)4-7/h2-6H,1H3,(H,11,12). The number of rotatable bonds is 1. The van der Waals surface area contributed by atoms with Gasteiger partial charge in [-0.3, -0.25) is 5.10 Å². The Morgan fingerprint density at radius 3 is 3.08 bits per heavy atom. The minimum atomic E-state index is -0.919. The van der Waals surface area contributed by atoms with Crippen molar-refractivity contribution in [3.63, 3.8) is 0 Å². The number of hydrogen-bond acceptors (Lipinski definition) is 1. The van der Waals surface area contributed by atoms with Gasteiger partial charge < -0.3 is 0 Å². The molecule has 0 aliphatic carbocycles. The van der Waals surface area contributed by atoms with Gasteiger partial charge >= 0.3 is 0 Å². The Labute approximate surface area is 69.4 Å². The number of nitrogens with zero attached hydrogens (tertiary/aromatic N) is 1. The molecule has 1 aromatic carbocycles. The highest BCUT2D eigenvalue weighted by Crippen LogP contribution is 2.20. The van der Waals surface area contributed by atoms with Crippen LogP contribution in [0.25, 0.3) is 10.9 Å². The summed E-state index contributed by atoms with van der Waals surface area (Å²) in [5.74, 6) is 0. The first-order chi connectivity index (χ1) is 5.77. The van der Waals surface area contributed by atoms with Crippen molar-refractivity contribution in [2.75, 3.05) is 0 Å². The lowest BCUT2D eigenvalue weighted by atomic mass is 10.1. The molecule has 2 nitrogen and oxygen atoms in total. The molecule has 1 unspecified atom stereocenters. The Morgan fingerprint density at radius 1 is 1.50 bits per heavy atom. The number of hydrogen-bond donors (Lipinski definition) is 1. The third-order valence-corrected chi connectivity index (χ3v) is 1.93. The molecule has 0 aliphatic heterocycles. The van der Waals surface area contributed by atoms with Gasteiger partial charge in [0, 0.05) is 5.39 Å². The van der Waals surface area contributed by atoms with E-state index >= 15 is 0 Å². The van der Waals surface area contributed by atoms with E-state index in [1.165, 1.54) is 6.92 Å². The van der Waals surface area contributed by atoms with E-state index in [2.05, 4.69) is 10.2 Å². The number of halogens is 1. The molecule has 1 aromatic heterocycles. The summed E-state index contributed by atoms with van der Waals surface area (Å²) in [7, 11) is 0. The smallest absolute Gasteiger partial charge is 0.122 e. The van der Waals surface area contributed by atoms with Crippen molar-refractivity contribution in [3.8, 4) is 0 Å². The molecular weight excluding hydrogens is 155 g/mol. The van der Waals surface area contributed by atoms with Gasteiger partial charge in [-0.05, 0) is 18.6 Å². The maximum Gasteiger partial charge on any atom is 0.122 e. The van der Waals surface area contributed by atoms with Crippen molar-refractivity contribution in [1.82, 2.24) is 10.2 Å². The summed E-state index contributed by atoms with van der Waals surface area (Å²) >= 11 is 0. The molecule has 0 saturated heterocycles. The lowest BCUT2D eigenvalue weighted by Crippen LogP contribution is -1.83. The van der Waals surface area contributed by atoms with E-state index in [-0.39, 0.29) is 0 Å². The van der Waals surface area contributed by atoms with Crippen LogP contribution >= 0.6 is 0 Å². The molecule has 0 radical (unpaired) electrons. The molecule has 12 heavy (non-hydrogen) atoms. The zero-order valence-electron chi connectivity index (χ0n) is 6.71. The zero-order valence-corrected chi connectivity index (χ0v) is 6.71. The van der Waals surface area contributed by atoms with Gasteiger partial charge in [0.1, 0.15) is 6.17 Å². The van der Waals surface area contributed by atoms with Crippen LogP contribution in [0, 0.1) is 0 Å². The highest BCUT2D eigenvalue weighted by atomic mass is 19.1. The van der Waals surface area contributed by atoms with Gasteiger partial charge in [0.15, 0.2) is 0 Å². The average Bonchev–Trinajstić information content (AvgIpc) is 2.49. The fourth-order valence-corrected chi connectivity index (χ4v) is 1.20. The summed E-state index contributed by atoms with van der Waals surface area (Å²) in [4.78, 5) is 0. The number of alkyl halides is 1. The fraction of sp³-hybridized carbons (Fsp3) is 0.222. The van der Waals surface area contributed by atoms with Crippen molar-refractivity contribution in [3.05, 3.63) is 30.0 Å². The van der Waals surface area contributed by atoms with Gasteiger partial charge in [-0.1, -0.05) is 12.1 Å². The number of H-pyrrole nitrogens is 1. The maximum atomic E-state index is 12.8. The summed E-state index contributed by atoms with van der Waals surface area (Å²) < 4.78 is 12.8. The van der Waals surface area contributed by atoms with E-state index in [0.29, 0.717) is 5.56 Å². The van der Waals surface area contributed by atoms with Gasteiger partial charge in [0.2, 0.25) is 0 Å². The molecule has 1 atom stereocenters. The number of benzene rings is 1. The Kier molecular flexibility index (Phi) is 1.57. The van der Waals surface area contributed by atoms with Crippen LogP contribution in [0.15, 0.2) is 24.4 Å². The van der Waals surface area contributed by atoms with Crippen molar-refractivity contribution >= 4 is 10.9 Å². The molecule has 1 heterocycles. The van der Waals surface area contributed by atoms with E-state index < -0.39 is 6.17 Å².